The Hall–Kier alpha value is -6.44. The van der Waals surface area contributed by atoms with Crippen molar-refractivity contribution >= 4 is 21.5 Å². The van der Waals surface area contributed by atoms with Crippen molar-refractivity contribution in [3.8, 4) is 28.7 Å². The van der Waals surface area contributed by atoms with Crippen molar-refractivity contribution in [1.82, 2.24) is 9.13 Å². The predicted octanol–water partition coefficient (Wildman–Crippen LogP) is 9.95. The first-order chi connectivity index (χ1) is 27.4. The Balaban J connectivity index is 1.15. The van der Waals surface area contributed by atoms with Gasteiger partial charge in [0.15, 0.2) is 0 Å². The summed E-state index contributed by atoms with van der Waals surface area (Å²) < 4.78 is 103. The van der Waals surface area contributed by atoms with Crippen LogP contribution in [-0.2, 0) is 16.4 Å². The zero-order valence-corrected chi connectivity index (χ0v) is 32.5. The molecule has 8 nitrogen and oxygen atoms in total. The molecule has 0 unspecified atom stereocenters. The van der Waals surface area contributed by atoms with Gasteiger partial charge in [0.25, 0.3) is 22.2 Å². The van der Waals surface area contributed by atoms with Gasteiger partial charge in [-0.05, 0) is 116 Å². The molecule has 0 atom stereocenters. The largest absolute Gasteiger partial charge is 0.457 e. The summed E-state index contributed by atoms with van der Waals surface area (Å²) >= 11 is 0. The lowest BCUT2D eigenvalue weighted by Gasteiger charge is -2.38. The van der Waals surface area contributed by atoms with Crippen molar-refractivity contribution in [3.05, 3.63) is 167 Å². The molecule has 0 aliphatic heterocycles. The van der Waals surface area contributed by atoms with E-state index in [0.29, 0.717) is 17.9 Å². The predicted molar refractivity (Wildman–Crippen MR) is 212 cm³/mol. The van der Waals surface area contributed by atoms with Gasteiger partial charge in [0.2, 0.25) is 5.41 Å². The summed E-state index contributed by atoms with van der Waals surface area (Å²) in [5.41, 5.74) is -9.11. The van der Waals surface area contributed by atoms with Crippen LogP contribution in [0.1, 0.15) is 58.2 Å². The molecule has 2 aromatic heterocycles. The Kier molecular flexibility index (Phi) is 9.56. The van der Waals surface area contributed by atoms with Gasteiger partial charge in [-0.1, -0.05) is 57.2 Å². The highest BCUT2D eigenvalue weighted by Crippen LogP contribution is 2.56. The minimum Gasteiger partial charge on any atom is -0.457 e. The van der Waals surface area contributed by atoms with Crippen molar-refractivity contribution in [3.63, 3.8) is 0 Å². The summed E-state index contributed by atoms with van der Waals surface area (Å²) in [7, 11) is 0. The topological polar surface area (TPSA) is 96.6 Å². The fourth-order valence-corrected chi connectivity index (χ4v) is 7.30. The third kappa shape index (κ3) is 6.89. The Labute approximate surface area is 332 Å². The SMILES string of the molecule is CC(C)(C)c1ccc(Oc2ccc(C(c3ccc(Oc4ccc(-n5c(=O)c6cc7c(=O)n(C(C)(C)C)c(=O)c7cc6c5=O)cc4)cc3)(C(F)(F)F)C(F)(F)F)cc2)cc1. The lowest BCUT2D eigenvalue weighted by molar-refractivity contribution is -0.288. The fourth-order valence-electron chi connectivity index (χ4n) is 7.30. The van der Waals surface area contributed by atoms with Crippen molar-refractivity contribution in [2.75, 3.05) is 0 Å². The molecular weight excluding hydrogens is 778 g/mol. The molecule has 5 aromatic carbocycles. The van der Waals surface area contributed by atoms with Gasteiger partial charge in [-0.25, -0.2) is 4.57 Å². The zero-order chi connectivity index (χ0) is 43.0. The zero-order valence-electron chi connectivity index (χ0n) is 32.5. The van der Waals surface area contributed by atoms with E-state index in [1.54, 1.807) is 32.9 Å². The van der Waals surface area contributed by atoms with Gasteiger partial charge in [-0.15, -0.1) is 0 Å². The van der Waals surface area contributed by atoms with Gasteiger partial charge in [0.1, 0.15) is 23.0 Å². The number of benzene rings is 5. The molecule has 0 spiro atoms. The summed E-state index contributed by atoms with van der Waals surface area (Å²) in [6.45, 7) is 11.1. The molecule has 0 saturated heterocycles. The lowest BCUT2D eigenvalue weighted by Crippen LogP contribution is -2.54. The molecule has 0 N–H and O–H groups in total. The van der Waals surface area contributed by atoms with Crippen molar-refractivity contribution in [1.29, 1.82) is 0 Å². The van der Waals surface area contributed by atoms with E-state index in [9.17, 15) is 45.5 Å². The van der Waals surface area contributed by atoms with Crippen LogP contribution in [0.25, 0.3) is 27.2 Å². The standard InChI is InChI=1S/C45H36F6N2O6/c1-41(2,3)25-7-15-29(16-8-25)58-30-17-9-26(10-18-30)43(44(46,47)48,45(49,50)51)27-11-19-31(20-12-27)59-32-21-13-28(14-22-32)52-37(54)33-23-35-36(24-34(33)38(52)55)40(57)53(39(35)56)42(4,5)6/h7-24H,1-6H3. The van der Waals surface area contributed by atoms with Crippen LogP contribution in [-0.4, -0.2) is 21.5 Å². The monoisotopic (exact) mass is 814 g/mol. The summed E-state index contributed by atoms with van der Waals surface area (Å²) in [6.07, 6.45) is -11.6. The molecule has 0 fully saturated rings. The third-order valence-electron chi connectivity index (χ3n) is 10.3. The van der Waals surface area contributed by atoms with E-state index in [1.807, 2.05) is 32.9 Å². The molecule has 304 valence electrons. The van der Waals surface area contributed by atoms with E-state index < -0.39 is 56.7 Å². The van der Waals surface area contributed by atoms with Crippen molar-refractivity contribution < 1.29 is 35.8 Å². The second kappa shape index (κ2) is 13.8. The van der Waals surface area contributed by atoms with Crippen LogP contribution < -0.4 is 31.7 Å². The molecule has 0 bridgehead atoms. The van der Waals surface area contributed by atoms with Gasteiger partial charge >= 0.3 is 12.4 Å². The second-order valence-electron chi connectivity index (χ2n) is 16.3. The normalized spacial score (nSPS) is 13.0. The van der Waals surface area contributed by atoms with Crippen molar-refractivity contribution in [2.24, 2.45) is 0 Å². The van der Waals surface area contributed by atoms with Crippen LogP contribution in [0.2, 0.25) is 0 Å². The molecule has 0 saturated carbocycles. The van der Waals surface area contributed by atoms with Crippen LogP contribution in [0, 0.1) is 0 Å². The molecule has 0 aliphatic rings. The Bertz CT molecular complexity index is 2830. The van der Waals surface area contributed by atoms with E-state index in [0.717, 1.165) is 51.1 Å². The summed E-state index contributed by atoms with van der Waals surface area (Å²) in [5.74, 6) is 0.370. The molecule has 7 aromatic rings. The number of nitrogens with zero attached hydrogens (tertiary/aromatic N) is 2. The highest BCUT2D eigenvalue weighted by molar-refractivity contribution is 5.98. The van der Waals surface area contributed by atoms with E-state index in [-0.39, 0.29) is 49.9 Å². The smallest absolute Gasteiger partial charge is 0.411 e. The number of alkyl halides is 6. The first kappa shape index (κ1) is 40.7. The third-order valence-corrected chi connectivity index (χ3v) is 10.3. The van der Waals surface area contributed by atoms with Gasteiger partial charge in [-0.2, -0.15) is 26.3 Å². The lowest BCUT2D eigenvalue weighted by atomic mass is 9.73. The van der Waals surface area contributed by atoms with E-state index in [4.69, 9.17) is 9.47 Å². The van der Waals surface area contributed by atoms with E-state index in [1.165, 1.54) is 36.4 Å². The van der Waals surface area contributed by atoms with Gasteiger partial charge < -0.3 is 9.47 Å². The highest BCUT2D eigenvalue weighted by atomic mass is 19.4. The summed E-state index contributed by atoms with van der Waals surface area (Å²) in [4.78, 5) is 53.0. The van der Waals surface area contributed by atoms with E-state index >= 15 is 0 Å². The van der Waals surface area contributed by atoms with Gasteiger partial charge in [0, 0.05) is 5.54 Å². The maximum absolute atomic E-state index is 14.9. The average molecular weight is 815 g/mol. The maximum atomic E-state index is 14.9. The van der Waals surface area contributed by atoms with E-state index in [2.05, 4.69) is 0 Å². The highest BCUT2D eigenvalue weighted by Gasteiger charge is 2.72. The number of rotatable bonds is 7. The number of hydrogen-bond acceptors (Lipinski definition) is 6. The minimum absolute atomic E-state index is 0.00485. The Morgan fingerprint density at radius 1 is 0.424 bits per heavy atom. The van der Waals surface area contributed by atoms with Gasteiger partial charge in [0.05, 0.1) is 27.2 Å². The average Bonchev–Trinajstić information content (AvgIpc) is 3.54. The Morgan fingerprint density at radius 2 is 0.729 bits per heavy atom. The second-order valence-corrected chi connectivity index (χ2v) is 16.3. The van der Waals surface area contributed by atoms with Crippen LogP contribution in [0.4, 0.5) is 26.3 Å². The van der Waals surface area contributed by atoms with Crippen LogP contribution in [0.5, 0.6) is 23.0 Å². The molecule has 0 aliphatic carbocycles. The molecule has 59 heavy (non-hydrogen) atoms. The van der Waals surface area contributed by atoms with Crippen LogP contribution >= 0.6 is 0 Å². The maximum Gasteiger partial charge on any atom is 0.411 e. The molecule has 0 radical (unpaired) electrons. The molecule has 2 heterocycles. The molecular formula is C45H36F6N2O6. The number of aromatic nitrogens is 2. The Morgan fingerprint density at radius 3 is 1.03 bits per heavy atom. The number of hydrogen-bond donors (Lipinski definition) is 0. The molecule has 14 heteroatoms. The van der Waals surface area contributed by atoms with Crippen LogP contribution in [0.3, 0.4) is 0 Å². The first-order valence-electron chi connectivity index (χ1n) is 18.3. The van der Waals surface area contributed by atoms with Crippen LogP contribution in [0.15, 0.2) is 128 Å². The summed E-state index contributed by atoms with van der Waals surface area (Å²) in [5, 5.41) is -0.118. The fraction of sp³-hybridized carbons (Fsp3) is 0.244. The van der Waals surface area contributed by atoms with Gasteiger partial charge in [-0.3, -0.25) is 23.7 Å². The first-order valence-corrected chi connectivity index (χ1v) is 18.3. The van der Waals surface area contributed by atoms with Crippen molar-refractivity contribution in [2.45, 2.75) is 70.3 Å². The minimum atomic E-state index is -5.82. The number of fused-ring (bicyclic) bond motifs is 2. The molecule has 0 amide bonds. The number of ether oxygens (including phenoxy) is 2. The number of halogens is 6. The summed E-state index contributed by atoms with van der Waals surface area (Å²) in [6, 6.07) is 21.8. The quantitative estimate of drug-likeness (QED) is 0.149. The molecule has 7 rings (SSSR count).